The number of benzene rings is 2. The summed E-state index contributed by atoms with van der Waals surface area (Å²) in [5.41, 5.74) is 7.13. The zero-order chi connectivity index (χ0) is 14.7. The van der Waals surface area contributed by atoms with E-state index < -0.39 is 0 Å². The van der Waals surface area contributed by atoms with Crippen molar-refractivity contribution in [1.82, 2.24) is 0 Å². The molecule has 0 aromatic heterocycles. The number of nitrogens with two attached hydrogens (primary N) is 1. The molecule has 2 aromatic carbocycles. The first-order valence-corrected chi connectivity index (χ1v) is 6.89. The van der Waals surface area contributed by atoms with Crippen LogP contribution in [0.5, 0.6) is 5.75 Å². The van der Waals surface area contributed by atoms with Crippen LogP contribution in [0.15, 0.2) is 40.9 Å². The van der Waals surface area contributed by atoms with E-state index in [9.17, 15) is 4.79 Å². The van der Waals surface area contributed by atoms with Crippen LogP contribution in [0.1, 0.15) is 10.4 Å². The summed E-state index contributed by atoms with van der Waals surface area (Å²) < 4.78 is 5.90. The zero-order valence-corrected chi connectivity index (χ0v) is 13.0. The lowest BCUT2D eigenvalue weighted by Gasteiger charge is -2.12. The number of nitrogens with one attached hydrogen (secondary N) is 1. The van der Waals surface area contributed by atoms with E-state index in [1.807, 2.05) is 0 Å². The van der Waals surface area contributed by atoms with Crippen molar-refractivity contribution in [3.63, 3.8) is 0 Å². The van der Waals surface area contributed by atoms with Crippen molar-refractivity contribution < 1.29 is 9.53 Å². The normalized spacial score (nSPS) is 10.2. The van der Waals surface area contributed by atoms with Crippen molar-refractivity contribution in [3.05, 3.63) is 51.5 Å². The molecule has 0 aliphatic carbocycles. The maximum atomic E-state index is 12.3. The Morgan fingerprint density at radius 3 is 2.80 bits per heavy atom. The third-order valence-electron chi connectivity index (χ3n) is 2.67. The van der Waals surface area contributed by atoms with Gasteiger partial charge in [0, 0.05) is 9.50 Å². The number of methoxy groups -OCH3 is 1. The highest BCUT2D eigenvalue weighted by Gasteiger charge is 2.15. The molecule has 0 aliphatic rings. The third kappa shape index (κ3) is 3.05. The monoisotopic (exact) mass is 354 g/mol. The van der Waals surface area contributed by atoms with E-state index in [0.29, 0.717) is 27.7 Å². The fraction of sp³-hybridized carbons (Fsp3) is 0.0714. The largest absolute Gasteiger partial charge is 0.494 e. The minimum Gasteiger partial charge on any atom is -0.494 e. The van der Waals surface area contributed by atoms with Gasteiger partial charge in [-0.1, -0.05) is 17.7 Å². The minimum absolute atomic E-state index is 0.322. The highest BCUT2D eigenvalue weighted by Crippen LogP contribution is 2.29. The van der Waals surface area contributed by atoms with Gasteiger partial charge in [-0.3, -0.25) is 4.79 Å². The fourth-order valence-corrected chi connectivity index (χ4v) is 2.26. The van der Waals surface area contributed by atoms with Crippen molar-refractivity contribution in [3.8, 4) is 5.75 Å². The quantitative estimate of drug-likeness (QED) is 0.820. The number of ether oxygens (including phenoxy) is 1. The van der Waals surface area contributed by atoms with Crippen LogP contribution in [0, 0.1) is 0 Å². The summed E-state index contributed by atoms with van der Waals surface area (Å²) >= 11 is 9.27. The second kappa shape index (κ2) is 6.15. The highest BCUT2D eigenvalue weighted by atomic mass is 79.9. The lowest BCUT2D eigenvalue weighted by Crippen LogP contribution is -2.14. The van der Waals surface area contributed by atoms with Gasteiger partial charge in [0.25, 0.3) is 5.91 Å². The molecule has 0 saturated carbocycles. The maximum Gasteiger partial charge on any atom is 0.259 e. The van der Waals surface area contributed by atoms with Crippen LogP contribution in [0.4, 0.5) is 11.4 Å². The third-order valence-corrected chi connectivity index (χ3v) is 3.60. The van der Waals surface area contributed by atoms with E-state index in [2.05, 4.69) is 21.2 Å². The van der Waals surface area contributed by atoms with Gasteiger partial charge in [0.15, 0.2) is 5.75 Å². The predicted octanol–water partition coefficient (Wildman–Crippen LogP) is 3.95. The molecular weight excluding hydrogens is 344 g/mol. The topological polar surface area (TPSA) is 64.3 Å². The van der Waals surface area contributed by atoms with Gasteiger partial charge in [0.1, 0.15) is 0 Å². The predicted molar refractivity (Wildman–Crippen MR) is 84.5 cm³/mol. The van der Waals surface area contributed by atoms with E-state index >= 15 is 0 Å². The molecular formula is C14H12BrClN2O2. The Hall–Kier alpha value is -1.72. The molecule has 0 spiro atoms. The fourth-order valence-electron chi connectivity index (χ4n) is 1.74. The summed E-state index contributed by atoms with van der Waals surface area (Å²) in [6.45, 7) is 0. The summed E-state index contributed by atoms with van der Waals surface area (Å²) in [5, 5.41) is 3.29. The lowest BCUT2D eigenvalue weighted by atomic mass is 10.1. The van der Waals surface area contributed by atoms with Crippen molar-refractivity contribution in [2.45, 2.75) is 0 Å². The molecule has 0 heterocycles. The lowest BCUT2D eigenvalue weighted by molar-refractivity contribution is 0.102. The van der Waals surface area contributed by atoms with Gasteiger partial charge in [-0.25, -0.2) is 0 Å². The van der Waals surface area contributed by atoms with Gasteiger partial charge < -0.3 is 15.8 Å². The number of amides is 1. The molecule has 20 heavy (non-hydrogen) atoms. The molecule has 0 atom stereocenters. The Labute approximate surface area is 130 Å². The number of para-hydroxylation sites is 1. The second-order valence-electron chi connectivity index (χ2n) is 4.01. The summed E-state index contributed by atoms with van der Waals surface area (Å²) in [6.07, 6.45) is 0. The first kappa shape index (κ1) is 14.7. The zero-order valence-electron chi connectivity index (χ0n) is 10.6. The van der Waals surface area contributed by atoms with Gasteiger partial charge in [-0.05, 0) is 46.3 Å². The summed E-state index contributed by atoms with van der Waals surface area (Å²) in [6, 6.07) is 10.1. The van der Waals surface area contributed by atoms with Crippen LogP contribution in [0.3, 0.4) is 0 Å². The number of hydrogen-bond donors (Lipinski definition) is 2. The summed E-state index contributed by atoms with van der Waals surface area (Å²) in [4.78, 5) is 12.3. The van der Waals surface area contributed by atoms with Crippen molar-refractivity contribution >= 4 is 44.8 Å². The van der Waals surface area contributed by atoms with Crippen LogP contribution in [0.2, 0.25) is 5.02 Å². The molecule has 0 fully saturated rings. The maximum absolute atomic E-state index is 12.3. The SMILES string of the molecule is COc1c(N)cccc1C(=O)Nc1cc(Cl)ccc1Br. The molecule has 0 saturated heterocycles. The van der Waals surface area contributed by atoms with Gasteiger partial charge in [0.2, 0.25) is 0 Å². The van der Waals surface area contributed by atoms with Crippen LogP contribution < -0.4 is 15.8 Å². The van der Waals surface area contributed by atoms with E-state index in [0.717, 1.165) is 4.47 Å². The van der Waals surface area contributed by atoms with Crippen LogP contribution in [-0.2, 0) is 0 Å². The Kier molecular flexibility index (Phi) is 4.52. The first-order chi connectivity index (χ1) is 9.52. The van der Waals surface area contributed by atoms with Crippen molar-refractivity contribution in [1.29, 1.82) is 0 Å². The number of hydrogen-bond acceptors (Lipinski definition) is 3. The van der Waals surface area contributed by atoms with Gasteiger partial charge in [-0.15, -0.1) is 0 Å². The van der Waals surface area contributed by atoms with Gasteiger partial charge in [0.05, 0.1) is 24.0 Å². The number of carbonyl (C=O) groups excluding carboxylic acids is 1. The van der Waals surface area contributed by atoms with Crippen molar-refractivity contribution in [2.24, 2.45) is 0 Å². The molecule has 3 N–H and O–H groups in total. The molecule has 2 aromatic rings. The van der Waals surface area contributed by atoms with Gasteiger partial charge >= 0.3 is 0 Å². The van der Waals surface area contributed by atoms with Crippen molar-refractivity contribution in [2.75, 3.05) is 18.2 Å². The molecule has 0 aliphatic heterocycles. The number of halogens is 2. The average molecular weight is 356 g/mol. The van der Waals surface area contributed by atoms with E-state index in [1.54, 1.807) is 36.4 Å². The number of rotatable bonds is 3. The first-order valence-electron chi connectivity index (χ1n) is 5.72. The highest BCUT2D eigenvalue weighted by molar-refractivity contribution is 9.10. The number of carbonyl (C=O) groups is 1. The Balaban J connectivity index is 2.33. The standard InChI is InChI=1S/C14H12BrClN2O2/c1-20-13-9(3-2-4-11(13)17)14(19)18-12-7-8(16)5-6-10(12)15/h2-7H,17H2,1H3,(H,18,19). The Bertz CT molecular complexity index is 662. The van der Waals surface area contributed by atoms with Crippen LogP contribution in [-0.4, -0.2) is 13.0 Å². The Morgan fingerprint density at radius 2 is 2.10 bits per heavy atom. The average Bonchev–Trinajstić information content (AvgIpc) is 2.42. The molecule has 6 heteroatoms. The minimum atomic E-state index is -0.322. The molecule has 2 rings (SSSR count). The summed E-state index contributed by atoms with van der Waals surface area (Å²) in [5.74, 6) is 0.0280. The number of anilines is 2. The molecule has 1 amide bonds. The van der Waals surface area contributed by atoms with E-state index in [1.165, 1.54) is 7.11 Å². The molecule has 104 valence electrons. The molecule has 0 bridgehead atoms. The smallest absolute Gasteiger partial charge is 0.259 e. The summed E-state index contributed by atoms with van der Waals surface area (Å²) in [7, 11) is 1.47. The number of nitrogen functional groups attached to an aromatic ring is 1. The van der Waals surface area contributed by atoms with E-state index in [-0.39, 0.29) is 5.91 Å². The molecule has 4 nitrogen and oxygen atoms in total. The molecule has 0 radical (unpaired) electrons. The van der Waals surface area contributed by atoms with Gasteiger partial charge in [-0.2, -0.15) is 0 Å². The second-order valence-corrected chi connectivity index (χ2v) is 5.30. The Morgan fingerprint density at radius 1 is 1.35 bits per heavy atom. The van der Waals surface area contributed by atoms with Crippen LogP contribution >= 0.6 is 27.5 Å². The molecule has 0 unspecified atom stereocenters. The van der Waals surface area contributed by atoms with Crippen LogP contribution in [0.25, 0.3) is 0 Å². The van der Waals surface area contributed by atoms with E-state index in [4.69, 9.17) is 22.1 Å².